The van der Waals surface area contributed by atoms with Crippen LogP contribution in [0.1, 0.15) is 16.7 Å². The number of nitrogens with one attached hydrogen (secondary N) is 1. The van der Waals surface area contributed by atoms with Crippen LogP contribution in [0.4, 0.5) is 4.79 Å². The molecule has 0 saturated carbocycles. The second kappa shape index (κ2) is 8.93. The van der Waals surface area contributed by atoms with Crippen molar-refractivity contribution in [1.29, 1.82) is 0 Å². The standard InChI is InChI=1S/C19H24N2O3/c1-15-7-3-4-8-16(15)13-20-19(23)21(11-12-22)14-17-9-5-6-10-18(17)24-2/h3-10,22H,11-14H2,1-2H3,(H,20,23). The minimum absolute atomic E-state index is 0.0903. The van der Waals surface area contributed by atoms with Crippen molar-refractivity contribution in [3.05, 3.63) is 65.2 Å². The average molecular weight is 328 g/mol. The van der Waals surface area contributed by atoms with Gasteiger partial charge >= 0.3 is 6.03 Å². The van der Waals surface area contributed by atoms with Gasteiger partial charge in [-0.15, -0.1) is 0 Å². The number of amides is 2. The SMILES string of the molecule is COc1ccccc1CN(CCO)C(=O)NCc1ccccc1C. The third-order valence-electron chi connectivity index (χ3n) is 3.90. The van der Waals surface area contributed by atoms with Gasteiger partial charge in [0.25, 0.3) is 0 Å². The predicted molar refractivity (Wildman–Crippen MR) is 93.9 cm³/mol. The Morgan fingerprint density at radius 2 is 1.79 bits per heavy atom. The van der Waals surface area contributed by atoms with E-state index >= 15 is 0 Å². The molecule has 0 unspecified atom stereocenters. The van der Waals surface area contributed by atoms with Gasteiger partial charge in [-0.05, 0) is 24.1 Å². The maximum Gasteiger partial charge on any atom is 0.318 e. The normalized spacial score (nSPS) is 10.3. The summed E-state index contributed by atoms with van der Waals surface area (Å²) in [6.45, 7) is 3.02. The van der Waals surface area contributed by atoms with Gasteiger partial charge in [-0.2, -0.15) is 0 Å². The summed E-state index contributed by atoms with van der Waals surface area (Å²) in [5, 5.41) is 12.2. The summed E-state index contributed by atoms with van der Waals surface area (Å²) in [7, 11) is 1.60. The number of carbonyl (C=O) groups is 1. The largest absolute Gasteiger partial charge is 0.496 e. The Morgan fingerprint density at radius 3 is 2.46 bits per heavy atom. The fourth-order valence-corrected chi connectivity index (χ4v) is 2.50. The molecule has 2 N–H and O–H groups in total. The van der Waals surface area contributed by atoms with Gasteiger partial charge in [0, 0.05) is 18.7 Å². The molecule has 2 aromatic carbocycles. The van der Waals surface area contributed by atoms with E-state index in [4.69, 9.17) is 4.74 Å². The van der Waals surface area contributed by atoms with Crippen molar-refractivity contribution in [2.75, 3.05) is 20.3 Å². The number of para-hydroxylation sites is 1. The van der Waals surface area contributed by atoms with Crippen molar-refractivity contribution in [2.45, 2.75) is 20.0 Å². The number of hydrogen-bond acceptors (Lipinski definition) is 3. The summed E-state index contributed by atoms with van der Waals surface area (Å²) in [5.74, 6) is 0.729. The van der Waals surface area contributed by atoms with E-state index in [0.717, 1.165) is 22.4 Å². The van der Waals surface area contributed by atoms with Crippen molar-refractivity contribution in [2.24, 2.45) is 0 Å². The summed E-state index contributed by atoms with van der Waals surface area (Å²) < 4.78 is 5.33. The van der Waals surface area contributed by atoms with Gasteiger partial charge < -0.3 is 20.1 Å². The van der Waals surface area contributed by atoms with Crippen LogP contribution >= 0.6 is 0 Å². The Morgan fingerprint density at radius 1 is 1.12 bits per heavy atom. The molecule has 0 radical (unpaired) electrons. The number of urea groups is 1. The van der Waals surface area contributed by atoms with Crippen molar-refractivity contribution in [1.82, 2.24) is 10.2 Å². The minimum atomic E-state index is -0.210. The average Bonchev–Trinajstić information content (AvgIpc) is 2.61. The molecule has 0 aliphatic carbocycles. The molecule has 2 rings (SSSR count). The molecule has 2 amide bonds. The molecule has 0 heterocycles. The van der Waals surface area contributed by atoms with E-state index in [9.17, 15) is 9.90 Å². The van der Waals surface area contributed by atoms with Crippen LogP contribution in [0.25, 0.3) is 0 Å². The molecule has 0 spiro atoms. The van der Waals surface area contributed by atoms with Crippen LogP contribution in [-0.2, 0) is 13.1 Å². The third kappa shape index (κ3) is 4.73. The number of nitrogens with zero attached hydrogens (tertiary/aromatic N) is 1. The minimum Gasteiger partial charge on any atom is -0.496 e. The maximum absolute atomic E-state index is 12.5. The number of ether oxygens (including phenoxy) is 1. The fourth-order valence-electron chi connectivity index (χ4n) is 2.50. The predicted octanol–water partition coefficient (Wildman–Crippen LogP) is 2.71. The zero-order valence-corrected chi connectivity index (χ0v) is 14.2. The van der Waals surface area contributed by atoms with Crippen LogP contribution in [0, 0.1) is 6.92 Å². The molecular formula is C19H24N2O3. The second-order valence-corrected chi connectivity index (χ2v) is 5.54. The van der Waals surface area contributed by atoms with E-state index in [1.165, 1.54) is 0 Å². The number of aliphatic hydroxyl groups excluding tert-OH is 1. The van der Waals surface area contributed by atoms with Gasteiger partial charge in [0.1, 0.15) is 5.75 Å². The Labute approximate surface area is 142 Å². The molecule has 0 saturated heterocycles. The van der Waals surface area contributed by atoms with Gasteiger partial charge in [0.15, 0.2) is 0 Å². The van der Waals surface area contributed by atoms with Crippen LogP contribution < -0.4 is 10.1 Å². The number of methoxy groups -OCH3 is 1. The summed E-state index contributed by atoms with van der Waals surface area (Å²) in [5.41, 5.74) is 3.11. The fraction of sp³-hybridized carbons (Fsp3) is 0.316. The van der Waals surface area contributed by atoms with Gasteiger partial charge in [0.2, 0.25) is 0 Å². The van der Waals surface area contributed by atoms with E-state index in [1.807, 2.05) is 55.5 Å². The first-order valence-electron chi connectivity index (χ1n) is 7.95. The van der Waals surface area contributed by atoms with E-state index < -0.39 is 0 Å². The molecule has 2 aromatic rings. The van der Waals surface area contributed by atoms with E-state index in [2.05, 4.69) is 5.32 Å². The molecule has 0 fully saturated rings. The first-order chi connectivity index (χ1) is 11.7. The van der Waals surface area contributed by atoms with Crippen molar-refractivity contribution < 1.29 is 14.6 Å². The van der Waals surface area contributed by atoms with Crippen LogP contribution in [0.5, 0.6) is 5.75 Å². The lowest BCUT2D eigenvalue weighted by molar-refractivity contribution is 0.173. The van der Waals surface area contributed by atoms with Crippen molar-refractivity contribution >= 4 is 6.03 Å². The molecule has 5 nitrogen and oxygen atoms in total. The van der Waals surface area contributed by atoms with Crippen molar-refractivity contribution in [3.63, 3.8) is 0 Å². The molecule has 0 aromatic heterocycles. The quantitative estimate of drug-likeness (QED) is 0.821. The zero-order valence-electron chi connectivity index (χ0n) is 14.2. The Hall–Kier alpha value is -2.53. The molecule has 5 heteroatoms. The second-order valence-electron chi connectivity index (χ2n) is 5.54. The molecule has 24 heavy (non-hydrogen) atoms. The van der Waals surface area contributed by atoms with Gasteiger partial charge in [-0.25, -0.2) is 4.79 Å². The highest BCUT2D eigenvalue weighted by Gasteiger charge is 2.15. The number of aryl methyl sites for hydroxylation is 1. The summed E-state index contributed by atoms with van der Waals surface area (Å²) in [6, 6.07) is 15.3. The molecule has 0 aliphatic heterocycles. The zero-order chi connectivity index (χ0) is 17.4. The molecule has 128 valence electrons. The number of benzene rings is 2. The highest BCUT2D eigenvalue weighted by molar-refractivity contribution is 5.74. The van der Waals surface area contributed by atoms with E-state index in [0.29, 0.717) is 13.1 Å². The van der Waals surface area contributed by atoms with E-state index in [-0.39, 0.29) is 19.2 Å². The number of aliphatic hydroxyl groups is 1. The maximum atomic E-state index is 12.5. The first-order valence-corrected chi connectivity index (χ1v) is 7.95. The van der Waals surface area contributed by atoms with Crippen LogP contribution in [0.2, 0.25) is 0 Å². The van der Waals surface area contributed by atoms with Crippen LogP contribution in [0.15, 0.2) is 48.5 Å². The van der Waals surface area contributed by atoms with Gasteiger partial charge in [0.05, 0.1) is 20.3 Å². The lowest BCUT2D eigenvalue weighted by Crippen LogP contribution is -2.40. The number of hydrogen-bond donors (Lipinski definition) is 2. The van der Waals surface area contributed by atoms with Gasteiger partial charge in [-0.1, -0.05) is 42.5 Å². The monoisotopic (exact) mass is 328 g/mol. The van der Waals surface area contributed by atoms with Crippen LogP contribution in [0.3, 0.4) is 0 Å². The first kappa shape index (κ1) is 17.8. The summed E-state index contributed by atoms with van der Waals surface area (Å²) in [6.07, 6.45) is 0. The third-order valence-corrected chi connectivity index (χ3v) is 3.90. The Bertz CT molecular complexity index is 673. The highest BCUT2D eigenvalue weighted by atomic mass is 16.5. The summed E-state index contributed by atoms with van der Waals surface area (Å²) in [4.78, 5) is 14.1. The number of carbonyl (C=O) groups excluding carboxylic acids is 1. The Kier molecular flexibility index (Phi) is 6.63. The smallest absolute Gasteiger partial charge is 0.318 e. The highest BCUT2D eigenvalue weighted by Crippen LogP contribution is 2.19. The van der Waals surface area contributed by atoms with Crippen LogP contribution in [-0.4, -0.2) is 36.3 Å². The lowest BCUT2D eigenvalue weighted by atomic mass is 10.1. The molecular weight excluding hydrogens is 304 g/mol. The molecule has 0 aliphatic rings. The number of rotatable bonds is 7. The topological polar surface area (TPSA) is 61.8 Å². The van der Waals surface area contributed by atoms with E-state index in [1.54, 1.807) is 12.0 Å². The Balaban J connectivity index is 2.03. The van der Waals surface area contributed by atoms with Gasteiger partial charge in [-0.3, -0.25) is 0 Å². The molecule has 0 bridgehead atoms. The lowest BCUT2D eigenvalue weighted by Gasteiger charge is -2.23. The molecule has 0 atom stereocenters. The summed E-state index contributed by atoms with van der Waals surface area (Å²) >= 11 is 0. The van der Waals surface area contributed by atoms with Crippen molar-refractivity contribution in [3.8, 4) is 5.75 Å².